The van der Waals surface area contributed by atoms with Gasteiger partial charge in [-0.05, 0) is 5.56 Å². The molecule has 1 amide bonds. The summed E-state index contributed by atoms with van der Waals surface area (Å²) in [6.07, 6.45) is -0.274. The zero-order valence-corrected chi connectivity index (χ0v) is 11.6. The van der Waals surface area contributed by atoms with E-state index in [-0.39, 0.29) is 29.5 Å². The molecule has 2 atom stereocenters. The molecule has 0 aromatic heterocycles. The average Bonchev–Trinajstić information content (AvgIpc) is 2.46. The van der Waals surface area contributed by atoms with Crippen LogP contribution in [0.15, 0.2) is 30.3 Å². The number of hydrogen-bond acceptors (Lipinski definition) is 5. The van der Waals surface area contributed by atoms with Gasteiger partial charge in [0.15, 0.2) is 0 Å². The molecule has 0 aliphatic carbocycles. The number of nitrogens with one attached hydrogen (secondary N) is 1. The summed E-state index contributed by atoms with van der Waals surface area (Å²) in [6.45, 7) is 0. The van der Waals surface area contributed by atoms with E-state index in [9.17, 15) is 14.4 Å². The average molecular weight is 321 g/mol. The van der Waals surface area contributed by atoms with Crippen LogP contribution in [-0.4, -0.2) is 65.2 Å². The highest BCUT2D eigenvalue weighted by atomic mass is 24.3. The first-order valence-electron chi connectivity index (χ1n) is 6.33. The third-order valence-corrected chi connectivity index (χ3v) is 2.82. The molecule has 0 aliphatic rings. The zero-order valence-electron chi connectivity index (χ0n) is 11.6. The van der Waals surface area contributed by atoms with E-state index < -0.39 is 36.4 Å². The molecule has 0 fully saturated rings. The smallest absolute Gasteiger partial charge is 0.328 e. The van der Waals surface area contributed by atoms with Crippen LogP contribution in [0.3, 0.4) is 0 Å². The number of hydrogen-bond donors (Lipinski definition) is 3. The van der Waals surface area contributed by atoms with Crippen LogP contribution in [0.5, 0.6) is 0 Å². The number of carboxylic acid groups (broad SMARTS) is 1. The van der Waals surface area contributed by atoms with Crippen molar-refractivity contribution in [1.82, 2.24) is 5.32 Å². The van der Waals surface area contributed by atoms with Crippen LogP contribution in [0, 0.1) is 0 Å². The third-order valence-electron chi connectivity index (χ3n) is 2.82. The fraction of sp³-hybridized carbons (Fsp3) is 0.357. The first kappa shape index (κ1) is 20.4. The van der Waals surface area contributed by atoms with Gasteiger partial charge in [0.25, 0.3) is 0 Å². The minimum absolute atomic E-state index is 0. The molecule has 0 unspecified atom stereocenters. The van der Waals surface area contributed by atoms with Crippen molar-refractivity contribution in [3.8, 4) is 0 Å². The SMILES string of the molecule is COC(=O)[C@H](Cc1ccccc1)NC(=O)[C@@H](N)CC(=O)O.[MgH2]. The van der Waals surface area contributed by atoms with Crippen molar-refractivity contribution in [2.75, 3.05) is 7.11 Å². The zero-order chi connectivity index (χ0) is 15.8. The van der Waals surface area contributed by atoms with Crippen molar-refractivity contribution in [2.45, 2.75) is 24.9 Å². The van der Waals surface area contributed by atoms with Gasteiger partial charge in [0.05, 0.1) is 19.6 Å². The molecule has 1 aromatic rings. The molecule has 7 nitrogen and oxygen atoms in total. The summed E-state index contributed by atoms with van der Waals surface area (Å²) in [6, 6.07) is 6.93. The Bertz CT molecular complexity index is 509. The molecule has 118 valence electrons. The summed E-state index contributed by atoms with van der Waals surface area (Å²) in [5, 5.41) is 11.0. The molecule has 0 radical (unpaired) electrons. The number of benzene rings is 1. The summed E-state index contributed by atoms with van der Waals surface area (Å²) in [5.41, 5.74) is 6.29. The second kappa shape index (κ2) is 10.1. The molecule has 8 heteroatoms. The van der Waals surface area contributed by atoms with Crippen molar-refractivity contribution >= 4 is 40.9 Å². The molecule has 1 aromatic carbocycles. The minimum atomic E-state index is -1.22. The molecule has 1 rings (SSSR count). The Hall–Kier alpha value is -1.64. The van der Waals surface area contributed by atoms with Gasteiger partial charge < -0.3 is 20.9 Å². The lowest BCUT2D eigenvalue weighted by atomic mass is 10.1. The lowest BCUT2D eigenvalue weighted by Gasteiger charge is -2.18. The quantitative estimate of drug-likeness (QED) is 0.428. The van der Waals surface area contributed by atoms with Gasteiger partial charge in [0, 0.05) is 6.42 Å². The van der Waals surface area contributed by atoms with Crippen molar-refractivity contribution in [3.05, 3.63) is 35.9 Å². The fourth-order valence-corrected chi connectivity index (χ4v) is 1.74. The standard InChI is InChI=1S/C14H18N2O5.Mg.2H/c1-21-14(20)11(7-9-5-3-2-4-6-9)16-13(19)10(15)8-12(17)18;;;/h2-6,10-11H,7-8,15H2,1H3,(H,16,19)(H,17,18);;;/t10-,11-;;;/m0.../s1. The van der Waals surface area contributed by atoms with Gasteiger partial charge in [-0.3, -0.25) is 9.59 Å². The lowest BCUT2D eigenvalue weighted by molar-refractivity contribution is -0.145. The Morgan fingerprint density at radius 2 is 1.86 bits per heavy atom. The summed E-state index contributed by atoms with van der Waals surface area (Å²) >= 11 is 0. The Balaban J connectivity index is 0.00000441. The fourth-order valence-electron chi connectivity index (χ4n) is 1.74. The number of nitrogens with two attached hydrogens (primary N) is 1. The number of carboxylic acids is 1. The third kappa shape index (κ3) is 6.88. The van der Waals surface area contributed by atoms with Gasteiger partial charge in [-0.15, -0.1) is 0 Å². The van der Waals surface area contributed by atoms with Crippen molar-refractivity contribution in [3.63, 3.8) is 0 Å². The Morgan fingerprint density at radius 3 is 2.36 bits per heavy atom. The monoisotopic (exact) mass is 320 g/mol. The number of carbonyl (C=O) groups excluding carboxylic acids is 2. The van der Waals surface area contributed by atoms with Crippen molar-refractivity contribution in [2.24, 2.45) is 5.73 Å². The van der Waals surface area contributed by atoms with E-state index in [4.69, 9.17) is 10.8 Å². The van der Waals surface area contributed by atoms with Crippen LogP contribution in [0.25, 0.3) is 0 Å². The Labute approximate surface area is 144 Å². The number of rotatable bonds is 7. The summed E-state index contributed by atoms with van der Waals surface area (Å²) in [5.74, 6) is -2.51. The summed E-state index contributed by atoms with van der Waals surface area (Å²) < 4.78 is 4.64. The number of aliphatic carboxylic acids is 1. The number of methoxy groups -OCH3 is 1. The molecule has 0 aliphatic heterocycles. The second-order valence-electron chi connectivity index (χ2n) is 4.48. The van der Waals surface area contributed by atoms with E-state index in [1.165, 1.54) is 7.11 Å². The van der Waals surface area contributed by atoms with E-state index in [1.807, 2.05) is 18.2 Å². The van der Waals surface area contributed by atoms with Gasteiger partial charge in [-0.1, -0.05) is 30.3 Å². The highest BCUT2D eigenvalue weighted by molar-refractivity contribution is 5.89. The second-order valence-corrected chi connectivity index (χ2v) is 4.48. The van der Waals surface area contributed by atoms with Gasteiger partial charge in [-0.2, -0.15) is 0 Å². The molecule has 0 bridgehead atoms. The number of ether oxygens (including phenoxy) is 1. The van der Waals surface area contributed by atoms with Crippen LogP contribution in [0.2, 0.25) is 0 Å². The molecule has 0 saturated heterocycles. The van der Waals surface area contributed by atoms with E-state index in [0.717, 1.165) is 5.56 Å². The maximum atomic E-state index is 11.8. The largest absolute Gasteiger partial charge is 0.481 e. The topological polar surface area (TPSA) is 119 Å². The molecular weight excluding hydrogens is 300 g/mol. The summed E-state index contributed by atoms with van der Waals surface area (Å²) in [7, 11) is 1.21. The predicted molar refractivity (Wildman–Crippen MR) is 82.9 cm³/mol. The maximum absolute atomic E-state index is 11.8. The van der Waals surface area contributed by atoms with Crippen LogP contribution in [0.1, 0.15) is 12.0 Å². The predicted octanol–water partition coefficient (Wildman–Crippen LogP) is -1.23. The molecule has 0 saturated carbocycles. The van der Waals surface area contributed by atoms with Crippen LogP contribution >= 0.6 is 0 Å². The van der Waals surface area contributed by atoms with Gasteiger partial charge >= 0.3 is 35.0 Å². The van der Waals surface area contributed by atoms with Crippen molar-refractivity contribution < 1.29 is 24.2 Å². The lowest BCUT2D eigenvalue weighted by Crippen LogP contribution is -2.50. The van der Waals surface area contributed by atoms with E-state index in [2.05, 4.69) is 10.1 Å². The molecule has 4 N–H and O–H groups in total. The number of amides is 1. The highest BCUT2D eigenvalue weighted by Crippen LogP contribution is 2.05. The van der Waals surface area contributed by atoms with Crippen LogP contribution in [0.4, 0.5) is 0 Å². The van der Waals surface area contributed by atoms with Crippen LogP contribution in [-0.2, 0) is 25.5 Å². The molecule has 0 heterocycles. The molecular formula is C14H20MgN2O5. The Morgan fingerprint density at radius 1 is 1.27 bits per heavy atom. The molecule has 22 heavy (non-hydrogen) atoms. The molecule has 0 spiro atoms. The maximum Gasteiger partial charge on any atom is 0.328 e. The summed E-state index contributed by atoms with van der Waals surface area (Å²) in [4.78, 5) is 34.0. The van der Waals surface area contributed by atoms with Gasteiger partial charge in [0.2, 0.25) is 5.91 Å². The number of carbonyl (C=O) groups is 3. The normalized spacial score (nSPS) is 12.5. The first-order chi connectivity index (χ1) is 9.93. The van der Waals surface area contributed by atoms with E-state index in [1.54, 1.807) is 12.1 Å². The van der Waals surface area contributed by atoms with Gasteiger partial charge in [0.1, 0.15) is 6.04 Å². The Kier molecular flexibility index (Phi) is 9.39. The number of esters is 1. The first-order valence-corrected chi connectivity index (χ1v) is 6.33. The van der Waals surface area contributed by atoms with E-state index >= 15 is 0 Å². The van der Waals surface area contributed by atoms with Crippen LogP contribution < -0.4 is 11.1 Å². The minimum Gasteiger partial charge on any atom is -0.481 e. The van der Waals surface area contributed by atoms with Gasteiger partial charge in [-0.25, -0.2) is 4.79 Å². The van der Waals surface area contributed by atoms with Crippen molar-refractivity contribution in [1.29, 1.82) is 0 Å². The van der Waals surface area contributed by atoms with E-state index in [0.29, 0.717) is 0 Å². The highest BCUT2D eigenvalue weighted by Gasteiger charge is 2.25.